The molecule has 2 unspecified atom stereocenters. The van der Waals surface area contributed by atoms with Crippen molar-refractivity contribution in [3.05, 3.63) is 34.6 Å². The maximum atomic E-state index is 13.8. The van der Waals surface area contributed by atoms with E-state index in [1.165, 1.54) is 12.1 Å². The second-order valence-corrected chi connectivity index (χ2v) is 5.40. The van der Waals surface area contributed by atoms with Crippen molar-refractivity contribution in [3.8, 4) is 0 Å². The molecule has 0 aromatic heterocycles. The lowest BCUT2D eigenvalue weighted by molar-refractivity contribution is 0.0463. The van der Waals surface area contributed by atoms with Gasteiger partial charge >= 0.3 is 0 Å². The Bertz CT molecular complexity index is 479. The molecular formula is C14H17ClFNO2. The van der Waals surface area contributed by atoms with Crippen LogP contribution in [0.15, 0.2) is 18.2 Å². The molecular weight excluding hydrogens is 269 g/mol. The molecule has 1 aromatic carbocycles. The second-order valence-electron chi connectivity index (χ2n) is 5.00. The first-order chi connectivity index (χ1) is 9.00. The number of aliphatic hydroxyl groups excluding tert-OH is 1. The summed E-state index contributed by atoms with van der Waals surface area (Å²) < 4.78 is 13.8. The third-order valence-corrected chi connectivity index (χ3v) is 3.90. The van der Waals surface area contributed by atoms with Crippen molar-refractivity contribution in [2.24, 2.45) is 5.92 Å². The largest absolute Gasteiger partial charge is 0.393 e. The molecule has 0 bridgehead atoms. The molecule has 1 saturated heterocycles. The zero-order valence-electron chi connectivity index (χ0n) is 10.8. The Morgan fingerprint density at radius 2 is 2.32 bits per heavy atom. The Labute approximate surface area is 117 Å². The molecule has 1 aromatic rings. The number of hydrogen-bond acceptors (Lipinski definition) is 2. The number of carbonyl (C=O) groups is 1. The van der Waals surface area contributed by atoms with Crippen LogP contribution in [0.2, 0.25) is 5.02 Å². The number of carbonyl (C=O) groups excluding carboxylic acids is 1. The van der Waals surface area contributed by atoms with E-state index in [2.05, 4.69) is 0 Å². The highest BCUT2D eigenvalue weighted by Gasteiger charge is 2.28. The lowest BCUT2D eigenvalue weighted by atomic mass is 9.93. The second kappa shape index (κ2) is 5.88. The fourth-order valence-electron chi connectivity index (χ4n) is 2.43. The molecule has 19 heavy (non-hydrogen) atoms. The molecule has 1 aliphatic heterocycles. The van der Waals surface area contributed by atoms with Crippen LogP contribution in [0.25, 0.3) is 0 Å². The molecule has 1 heterocycles. The summed E-state index contributed by atoms with van der Waals surface area (Å²) >= 11 is 5.69. The standard InChI is InChI=1S/C14H17ClFNO2/c1-9(18)10-4-3-7-17(8-10)14(19)11-5-2-6-12(15)13(11)16/h2,5-6,9-10,18H,3-4,7-8H2,1H3. The van der Waals surface area contributed by atoms with Gasteiger partial charge in [0.1, 0.15) is 0 Å². The molecule has 0 saturated carbocycles. The highest BCUT2D eigenvalue weighted by atomic mass is 35.5. The third-order valence-electron chi connectivity index (χ3n) is 3.61. The van der Waals surface area contributed by atoms with E-state index in [0.717, 1.165) is 12.8 Å². The summed E-state index contributed by atoms with van der Waals surface area (Å²) in [5.41, 5.74) is -0.00116. The summed E-state index contributed by atoms with van der Waals surface area (Å²) in [6.45, 7) is 2.77. The average Bonchev–Trinajstić information content (AvgIpc) is 2.41. The highest BCUT2D eigenvalue weighted by molar-refractivity contribution is 6.31. The van der Waals surface area contributed by atoms with Crippen LogP contribution in [0.5, 0.6) is 0 Å². The summed E-state index contributed by atoms with van der Waals surface area (Å²) in [5.74, 6) is -0.973. The number of piperidine rings is 1. The lowest BCUT2D eigenvalue weighted by Gasteiger charge is -2.34. The summed E-state index contributed by atoms with van der Waals surface area (Å²) in [5, 5.41) is 9.57. The fourth-order valence-corrected chi connectivity index (χ4v) is 2.60. The maximum absolute atomic E-state index is 13.8. The number of nitrogens with zero attached hydrogens (tertiary/aromatic N) is 1. The summed E-state index contributed by atoms with van der Waals surface area (Å²) in [4.78, 5) is 13.9. The molecule has 0 radical (unpaired) electrons. The predicted octanol–water partition coefficient (Wildman–Crippen LogP) is 2.71. The highest BCUT2D eigenvalue weighted by Crippen LogP contribution is 2.24. The summed E-state index contributed by atoms with van der Waals surface area (Å²) in [6.07, 6.45) is 1.25. The van der Waals surface area contributed by atoms with E-state index in [-0.39, 0.29) is 22.4 Å². The first kappa shape index (κ1) is 14.3. The van der Waals surface area contributed by atoms with Crippen LogP contribution in [0.3, 0.4) is 0 Å². The van der Waals surface area contributed by atoms with E-state index in [0.29, 0.717) is 13.1 Å². The van der Waals surface area contributed by atoms with Crippen molar-refractivity contribution < 1.29 is 14.3 Å². The van der Waals surface area contributed by atoms with Gasteiger partial charge in [0.15, 0.2) is 5.82 Å². The van der Waals surface area contributed by atoms with Gasteiger partial charge in [-0.05, 0) is 31.9 Å². The van der Waals surface area contributed by atoms with Gasteiger partial charge in [0.2, 0.25) is 0 Å². The van der Waals surface area contributed by atoms with Crippen LogP contribution >= 0.6 is 11.6 Å². The normalized spacial score (nSPS) is 21.3. The van der Waals surface area contributed by atoms with Crippen molar-refractivity contribution >= 4 is 17.5 Å². The van der Waals surface area contributed by atoms with Gasteiger partial charge in [0.05, 0.1) is 16.7 Å². The van der Waals surface area contributed by atoms with E-state index in [1.807, 2.05) is 0 Å². The summed E-state index contributed by atoms with van der Waals surface area (Å²) in [6, 6.07) is 4.42. The Balaban J connectivity index is 2.17. The van der Waals surface area contributed by atoms with Gasteiger partial charge in [0, 0.05) is 19.0 Å². The predicted molar refractivity (Wildman–Crippen MR) is 71.7 cm³/mol. The van der Waals surface area contributed by atoms with Gasteiger partial charge in [0.25, 0.3) is 5.91 Å². The van der Waals surface area contributed by atoms with Crippen LogP contribution < -0.4 is 0 Å². The third kappa shape index (κ3) is 3.07. The Morgan fingerprint density at radius 1 is 1.58 bits per heavy atom. The van der Waals surface area contributed by atoms with E-state index >= 15 is 0 Å². The van der Waals surface area contributed by atoms with E-state index in [4.69, 9.17) is 11.6 Å². The number of likely N-dealkylation sites (tertiary alicyclic amines) is 1. The van der Waals surface area contributed by atoms with Crippen molar-refractivity contribution in [3.63, 3.8) is 0 Å². The average molecular weight is 286 g/mol. The maximum Gasteiger partial charge on any atom is 0.256 e. The zero-order valence-corrected chi connectivity index (χ0v) is 11.5. The molecule has 0 spiro atoms. The molecule has 2 rings (SSSR count). The Morgan fingerprint density at radius 3 is 3.00 bits per heavy atom. The Kier molecular flexibility index (Phi) is 4.42. The number of amides is 1. The fraction of sp³-hybridized carbons (Fsp3) is 0.500. The van der Waals surface area contributed by atoms with Crippen LogP contribution in [0, 0.1) is 11.7 Å². The smallest absolute Gasteiger partial charge is 0.256 e. The first-order valence-electron chi connectivity index (χ1n) is 6.42. The van der Waals surface area contributed by atoms with Crippen molar-refractivity contribution in [1.29, 1.82) is 0 Å². The number of hydrogen-bond donors (Lipinski definition) is 1. The molecule has 104 valence electrons. The van der Waals surface area contributed by atoms with Crippen LogP contribution in [-0.2, 0) is 0 Å². The molecule has 1 N–H and O–H groups in total. The van der Waals surface area contributed by atoms with E-state index in [1.54, 1.807) is 17.9 Å². The zero-order chi connectivity index (χ0) is 14.0. The van der Waals surface area contributed by atoms with Crippen LogP contribution in [0.4, 0.5) is 4.39 Å². The first-order valence-corrected chi connectivity index (χ1v) is 6.80. The molecule has 2 atom stereocenters. The van der Waals surface area contributed by atoms with Gasteiger partial charge in [-0.15, -0.1) is 0 Å². The van der Waals surface area contributed by atoms with Crippen LogP contribution in [-0.4, -0.2) is 35.1 Å². The van der Waals surface area contributed by atoms with Crippen molar-refractivity contribution in [2.75, 3.05) is 13.1 Å². The van der Waals surface area contributed by atoms with Gasteiger partial charge in [-0.2, -0.15) is 0 Å². The van der Waals surface area contributed by atoms with Gasteiger partial charge in [-0.25, -0.2) is 4.39 Å². The van der Waals surface area contributed by atoms with Gasteiger partial charge in [-0.3, -0.25) is 4.79 Å². The molecule has 3 nitrogen and oxygen atoms in total. The monoisotopic (exact) mass is 285 g/mol. The van der Waals surface area contributed by atoms with Gasteiger partial charge < -0.3 is 10.0 Å². The molecule has 5 heteroatoms. The molecule has 1 fully saturated rings. The number of rotatable bonds is 2. The Hall–Kier alpha value is -1.13. The number of benzene rings is 1. The quantitative estimate of drug-likeness (QED) is 0.908. The van der Waals surface area contributed by atoms with Gasteiger partial charge in [-0.1, -0.05) is 17.7 Å². The summed E-state index contributed by atoms with van der Waals surface area (Å²) in [7, 11) is 0. The van der Waals surface area contributed by atoms with E-state index in [9.17, 15) is 14.3 Å². The number of halogens is 2. The number of aliphatic hydroxyl groups is 1. The molecule has 1 aliphatic rings. The lowest BCUT2D eigenvalue weighted by Crippen LogP contribution is -2.43. The topological polar surface area (TPSA) is 40.5 Å². The van der Waals surface area contributed by atoms with Crippen molar-refractivity contribution in [2.45, 2.75) is 25.9 Å². The SMILES string of the molecule is CC(O)C1CCCN(C(=O)c2cccc(Cl)c2F)C1. The molecule has 1 amide bonds. The minimum atomic E-state index is -0.673. The minimum Gasteiger partial charge on any atom is -0.393 e. The van der Waals surface area contributed by atoms with E-state index < -0.39 is 11.9 Å². The minimum absolute atomic E-state index is 0.00116. The van der Waals surface area contributed by atoms with Crippen molar-refractivity contribution in [1.82, 2.24) is 4.90 Å². The van der Waals surface area contributed by atoms with Crippen LogP contribution in [0.1, 0.15) is 30.1 Å². The molecule has 0 aliphatic carbocycles.